The second-order valence-electron chi connectivity index (χ2n) is 6.52. The fourth-order valence-corrected chi connectivity index (χ4v) is 3.44. The molecule has 0 aromatic heterocycles. The van der Waals surface area contributed by atoms with Crippen molar-refractivity contribution in [2.45, 2.75) is 51.0 Å². The molecule has 0 aromatic rings. The molecular formula is C16H29N3O2. The number of rotatable bonds is 4. The molecule has 1 aliphatic carbocycles. The number of hydrogen-bond acceptors (Lipinski definition) is 3. The Morgan fingerprint density at radius 3 is 2.24 bits per heavy atom. The summed E-state index contributed by atoms with van der Waals surface area (Å²) in [5, 5.41) is 3.26. The van der Waals surface area contributed by atoms with E-state index in [-0.39, 0.29) is 24.3 Å². The zero-order valence-electron chi connectivity index (χ0n) is 13.4. The van der Waals surface area contributed by atoms with E-state index in [1.807, 2.05) is 11.9 Å². The zero-order chi connectivity index (χ0) is 15.2. The largest absolute Gasteiger partial charge is 0.341 e. The van der Waals surface area contributed by atoms with Gasteiger partial charge in [0.2, 0.25) is 11.8 Å². The van der Waals surface area contributed by atoms with Crippen LogP contribution in [0.25, 0.3) is 0 Å². The minimum atomic E-state index is 0.0756. The Kier molecular flexibility index (Phi) is 6.03. The van der Waals surface area contributed by atoms with Crippen molar-refractivity contribution in [2.75, 3.05) is 33.7 Å². The number of piperidine rings is 1. The minimum absolute atomic E-state index is 0.0756. The van der Waals surface area contributed by atoms with Crippen molar-refractivity contribution in [1.82, 2.24) is 15.1 Å². The Balaban J connectivity index is 1.81. The predicted molar refractivity (Wildman–Crippen MR) is 82.9 cm³/mol. The summed E-state index contributed by atoms with van der Waals surface area (Å²) in [5.41, 5.74) is 0. The zero-order valence-corrected chi connectivity index (χ0v) is 13.4. The fraction of sp³-hybridized carbons (Fsp3) is 0.875. The first-order valence-corrected chi connectivity index (χ1v) is 8.31. The standard InChI is InChI=1S/C16H29N3O2/c1-18(16(21)13-8-10-17-11-9-13)12-15(20)19(2)14-6-4-3-5-7-14/h13-14,17H,3-12H2,1-2H3. The highest BCUT2D eigenvalue weighted by atomic mass is 16.2. The van der Waals surface area contributed by atoms with E-state index >= 15 is 0 Å². The number of hydrogen-bond donors (Lipinski definition) is 1. The lowest BCUT2D eigenvalue weighted by Crippen LogP contribution is -2.46. The quantitative estimate of drug-likeness (QED) is 0.849. The first-order valence-electron chi connectivity index (χ1n) is 8.31. The van der Waals surface area contributed by atoms with Gasteiger partial charge in [0.25, 0.3) is 0 Å². The molecule has 0 atom stereocenters. The average molecular weight is 295 g/mol. The molecule has 1 heterocycles. The number of nitrogens with one attached hydrogen (secondary N) is 1. The van der Waals surface area contributed by atoms with Crippen molar-refractivity contribution in [3.63, 3.8) is 0 Å². The van der Waals surface area contributed by atoms with Crippen molar-refractivity contribution >= 4 is 11.8 Å². The van der Waals surface area contributed by atoms with Crippen LogP contribution in [0.4, 0.5) is 0 Å². The molecule has 0 spiro atoms. The van der Waals surface area contributed by atoms with Crippen LogP contribution in [-0.2, 0) is 9.59 Å². The third-order valence-electron chi connectivity index (χ3n) is 4.95. The lowest BCUT2D eigenvalue weighted by Gasteiger charge is -2.33. The van der Waals surface area contributed by atoms with Gasteiger partial charge in [-0.05, 0) is 38.8 Å². The Hall–Kier alpha value is -1.10. The van der Waals surface area contributed by atoms with E-state index in [0.29, 0.717) is 6.04 Å². The molecular weight excluding hydrogens is 266 g/mol. The number of carbonyl (C=O) groups is 2. The molecule has 120 valence electrons. The van der Waals surface area contributed by atoms with E-state index in [9.17, 15) is 9.59 Å². The van der Waals surface area contributed by atoms with E-state index < -0.39 is 0 Å². The first-order chi connectivity index (χ1) is 10.1. The summed E-state index contributed by atoms with van der Waals surface area (Å²) >= 11 is 0. The maximum atomic E-state index is 12.4. The van der Waals surface area contributed by atoms with Crippen molar-refractivity contribution in [3.8, 4) is 0 Å². The Bertz CT molecular complexity index is 361. The van der Waals surface area contributed by atoms with Gasteiger partial charge in [0.05, 0.1) is 6.54 Å². The number of carbonyl (C=O) groups excluding carboxylic acids is 2. The molecule has 2 aliphatic rings. The van der Waals surface area contributed by atoms with Crippen molar-refractivity contribution in [1.29, 1.82) is 0 Å². The topological polar surface area (TPSA) is 52.7 Å². The second-order valence-corrected chi connectivity index (χ2v) is 6.52. The van der Waals surface area contributed by atoms with Crippen molar-refractivity contribution in [2.24, 2.45) is 5.92 Å². The van der Waals surface area contributed by atoms with Crippen LogP contribution < -0.4 is 5.32 Å². The van der Waals surface area contributed by atoms with Crippen LogP contribution in [0.2, 0.25) is 0 Å². The molecule has 0 radical (unpaired) electrons. The van der Waals surface area contributed by atoms with Gasteiger partial charge in [0, 0.05) is 26.1 Å². The summed E-state index contributed by atoms with van der Waals surface area (Å²) in [6.07, 6.45) is 7.69. The van der Waals surface area contributed by atoms with Gasteiger partial charge in [0.15, 0.2) is 0 Å². The molecule has 2 fully saturated rings. The minimum Gasteiger partial charge on any atom is -0.341 e. The lowest BCUT2D eigenvalue weighted by atomic mass is 9.94. The number of nitrogens with zero attached hydrogens (tertiary/aromatic N) is 2. The van der Waals surface area contributed by atoms with Crippen LogP contribution in [0.5, 0.6) is 0 Å². The van der Waals surface area contributed by atoms with E-state index in [2.05, 4.69) is 5.32 Å². The molecule has 1 N–H and O–H groups in total. The highest BCUT2D eigenvalue weighted by Gasteiger charge is 2.27. The van der Waals surface area contributed by atoms with E-state index in [0.717, 1.165) is 38.8 Å². The van der Waals surface area contributed by atoms with Crippen LogP contribution in [-0.4, -0.2) is 61.4 Å². The summed E-state index contributed by atoms with van der Waals surface area (Å²) < 4.78 is 0. The molecule has 1 aliphatic heterocycles. The molecule has 1 saturated heterocycles. The molecule has 5 heteroatoms. The van der Waals surface area contributed by atoms with Gasteiger partial charge < -0.3 is 15.1 Å². The van der Waals surface area contributed by atoms with Crippen LogP contribution in [0.1, 0.15) is 44.9 Å². The molecule has 5 nitrogen and oxygen atoms in total. The van der Waals surface area contributed by atoms with Crippen LogP contribution in [0.3, 0.4) is 0 Å². The van der Waals surface area contributed by atoms with Gasteiger partial charge in [-0.15, -0.1) is 0 Å². The summed E-state index contributed by atoms with van der Waals surface area (Å²) in [7, 11) is 3.65. The molecule has 0 unspecified atom stereocenters. The van der Waals surface area contributed by atoms with Gasteiger partial charge in [-0.2, -0.15) is 0 Å². The third kappa shape index (κ3) is 4.43. The monoisotopic (exact) mass is 295 g/mol. The average Bonchev–Trinajstić information content (AvgIpc) is 2.55. The SMILES string of the molecule is CN(CC(=O)N(C)C1CCCCC1)C(=O)C1CCNCC1. The van der Waals surface area contributed by atoms with Crippen LogP contribution >= 0.6 is 0 Å². The lowest BCUT2D eigenvalue weighted by molar-refractivity contribution is -0.142. The summed E-state index contributed by atoms with van der Waals surface area (Å²) in [5.74, 6) is 0.289. The maximum Gasteiger partial charge on any atom is 0.242 e. The summed E-state index contributed by atoms with van der Waals surface area (Å²) in [6.45, 7) is 2.02. The van der Waals surface area contributed by atoms with Gasteiger partial charge >= 0.3 is 0 Å². The molecule has 21 heavy (non-hydrogen) atoms. The second kappa shape index (κ2) is 7.78. The Morgan fingerprint density at radius 1 is 1.00 bits per heavy atom. The third-order valence-corrected chi connectivity index (χ3v) is 4.95. The number of amides is 2. The summed E-state index contributed by atoms with van der Waals surface area (Å²) in [6, 6.07) is 0.369. The van der Waals surface area contributed by atoms with Gasteiger partial charge in [0.1, 0.15) is 0 Å². The first kappa shape index (κ1) is 16.3. The van der Waals surface area contributed by atoms with Crippen LogP contribution in [0.15, 0.2) is 0 Å². The van der Waals surface area contributed by atoms with Crippen molar-refractivity contribution < 1.29 is 9.59 Å². The molecule has 1 saturated carbocycles. The van der Waals surface area contributed by atoms with Gasteiger partial charge in [-0.3, -0.25) is 9.59 Å². The molecule has 2 rings (SSSR count). The summed E-state index contributed by atoms with van der Waals surface area (Å²) in [4.78, 5) is 28.2. The van der Waals surface area contributed by atoms with E-state index in [4.69, 9.17) is 0 Å². The normalized spacial score (nSPS) is 21.0. The molecule has 0 aromatic carbocycles. The smallest absolute Gasteiger partial charge is 0.242 e. The maximum absolute atomic E-state index is 12.4. The van der Waals surface area contributed by atoms with Crippen molar-refractivity contribution in [3.05, 3.63) is 0 Å². The molecule has 2 amide bonds. The highest BCUT2D eigenvalue weighted by molar-refractivity contribution is 5.85. The fourth-order valence-electron chi connectivity index (χ4n) is 3.44. The highest BCUT2D eigenvalue weighted by Crippen LogP contribution is 2.22. The Labute approximate surface area is 128 Å². The number of likely N-dealkylation sites (N-methyl/N-ethyl adjacent to an activating group) is 2. The van der Waals surface area contributed by atoms with Gasteiger partial charge in [-0.25, -0.2) is 0 Å². The Morgan fingerprint density at radius 2 is 1.62 bits per heavy atom. The van der Waals surface area contributed by atoms with E-state index in [1.54, 1.807) is 11.9 Å². The molecule has 0 bridgehead atoms. The van der Waals surface area contributed by atoms with Gasteiger partial charge in [-0.1, -0.05) is 19.3 Å². The van der Waals surface area contributed by atoms with E-state index in [1.165, 1.54) is 19.3 Å². The predicted octanol–water partition coefficient (Wildman–Crippen LogP) is 1.24. The van der Waals surface area contributed by atoms with Crippen LogP contribution in [0, 0.1) is 5.92 Å².